The van der Waals surface area contributed by atoms with Gasteiger partial charge in [-0.05, 0) is 126 Å². The molecule has 0 spiro atoms. The zero-order valence-electron chi connectivity index (χ0n) is 35.3. The number of methoxy groups -OCH3 is 1. The number of carbonyl (C=O) groups excluding carboxylic acids is 2. The van der Waals surface area contributed by atoms with Crippen LogP contribution >= 0.6 is 0 Å². The monoisotopic (exact) mass is 760 g/mol. The van der Waals surface area contributed by atoms with Gasteiger partial charge in [0.1, 0.15) is 11.9 Å². The highest BCUT2D eigenvalue weighted by atomic mass is 16.5. The topological polar surface area (TPSA) is 122 Å². The van der Waals surface area contributed by atoms with Crippen molar-refractivity contribution < 1.29 is 34.1 Å². The molecule has 304 valence electrons. The zero-order chi connectivity index (χ0) is 40.1. The minimum atomic E-state index is -0.828. The quantitative estimate of drug-likeness (QED) is 0.203. The zero-order valence-corrected chi connectivity index (χ0v) is 35.3. The van der Waals surface area contributed by atoms with Crippen LogP contribution in [0.4, 0.5) is 0 Å². The third-order valence-electron chi connectivity index (χ3n) is 18.0. The summed E-state index contributed by atoms with van der Waals surface area (Å²) in [6.07, 6.45) is 7.89. The molecule has 8 nitrogen and oxygen atoms in total. The van der Waals surface area contributed by atoms with Crippen molar-refractivity contribution in [3.05, 3.63) is 41.0 Å². The van der Waals surface area contributed by atoms with Gasteiger partial charge in [0.05, 0.1) is 25.0 Å². The van der Waals surface area contributed by atoms with E-state index in [1.54, 1.807) is 7.11 Å². The molecule has 6 aliphatic rings. The lowest BCUT2D eigenvalue weighted by atomic mass is 9.33. The molecule has 3 N–H and O–H groups in total. The van der Waals surface area contributed by atoms with Crippen LogP contribution in [0.25, 0.3) is 0 Å². The number of nitrogens with one attached hydrogen (secondary N) is 1. The van der Waals surface area contributed by atoms with Crippen LogP contribution in [0.15, 0.2) is 35.4 Å². The molecule has 0 saturated heterocycles. The molecule has 0 bridgehead atoms. The molecule has 6 aliphatic carbocycles. The number of allylic oxidation sites excluding steroid dienone is 1. The first-order chi connectivity index (χ1) is 25.7. The second-order valence-corrected chi connectivity index (χ2v) is 21.1. The summed E-state index contributed by atoms with van der Waals surface area (Å²) < 4.78 is 11.7. The summed E-state index contributed by atoms with van der Waals surface area (Å²) in [4.78, 5) is 39.5. The van der Waals surface area contributed by atoms with Crippen molar-refractivity contribution in [1.29, 1.82) is 0 Å². The van der Waals surface area contributed by atoms with E-state index in [1.807, 2.05) is 38.1 Å². The number of hydrogen-bond acceptors (Lipinski definition) is 7. The Kier molecular flexibility index (Phi) is 10.1. The lowest BCUT2D eigenvalue weighted by Gasteiger charge is -2.72. The Hall–Kier alpha value is -2.71. The summed E-state index contributed by atoms with van der Waals surface area (Å²) in [6.45, 7) is 21.5. The average molecular weight is 760 g/mol. The summed E-state index contributed by atoms with van der Waals surface area (Å²) in [5.41, 5.74) is 2.22. The second kappa shape index (κ2) is 13.7. The van der Waals surface area contributed by atoms with Gasteiger partial charge >= 0.3 is 11.9 Å². The Bertz CT molecular complexity index is 1730. The molecule has 11 atom stereocenters. The Morgan fingerprint density at radius 1 is 0.855 bits per heavy atom. The highest BCUT2D eigenvalue weighted by Crippen LogP contribution is 2.77. The Morgan fingerprint density at radius 2 is 1.55 bits per heavy atom. The van der Waals surface area contributed by atoms with Crippen LogP contribution in [0.2, 0.25) is 0 Å². The number of rotatable bonds is 10. The third kappa shape index (κ3) is 5.90. The molecular weight excluding hydrogens is 691 g/mol. The molecular formula is C47H69NO7. The van der Waals surface area contributed by atoms with Crippen molar-refractivity contribution in [2.75, 3.05) is 13.7 Å². The van der Waals surface area contributed by atoms with E-state index in [0.29, 0.717) is 37.8 Å². The fourth-order valence-electron chi connectivity index (χ4n) is 14.5. The van der Waals surface area contributed by atoms with Gasteiger partial charge in [0, 0.05) is 30.3 Å². The minimum Gasteiger partial charge on any atom is -0.497 e. The third-order valence-corrected chi connectivity index (χ3v) is 18.0. The number of carboxylic acid groups (broad SMARTS) is 1. The number of hydrogen-bond donors (Lipinski definition) is 3. The van der Waals surface area contributed by atoms with Gasteiger partial charge in [-0.15, -0.1) is 0 Å². The van der Waals surface area contributed by atoms with E-state index in [-0.39, 0.29) is 57.3 Å². The molecule has 5 saturated carbocycles. The molecule has 7 rings (SSSR count). The Balaban J connectivity index is 1.12. The maximum absolute atomic E-state index is 14.1. The molecule has 0 unspecified atom stereocenters. The normalized spacial score (nSPS) is 40.6. The molecule has 55 heavy (non-hydrogen) atoms. The minimum absolute atomic E-state index is 0.00627. The van der Waals surface area contributed by atoms with Gasteiger partial charge in [0.2, 0.25) is 0 Å². The van der Waals surface area contributed by atoms with Crippen LogP contribution in [-0.4, -0.2) is 53.8 Å². The fraction of sp³-hybridized carbons (Fsp3) is 0.766. The predicted octanol–water partition coefficient (Wildman–Crippen LogP) is 8.79. The number of carbonyl (C=O) groups is 3. The van der Waals surface area contributed by atoms with Crippen LogP contribution in [0.5, 0.6) is 5.75 Å². The number of aliphatic hydroxyl groups excluding tert-OH is 1. The summed E-state index contributed by atoms with van der Waals surface area (Å²) in [5, 5.41) is 25.4. The van der Waals surface area contributed by atoms with E-state index in [9.17, 15) is 24.6 Å². The van der Waals surface area contributed by atoms with Crippen LogP contribution in [0.3, 0.4) is 0 Å². The van der Waals surface area contributed by atoms with Gasteiger partial charge in [0.25, 0.3) is 0 Å². The number of Topliss-reactive ketones (excluding diaryl/α,β-unsaturated/α-hetero) is 1. The van der Waals surface area contributed by atoms with E-state index in [4.69, 9.17) is 9.47 Å². The van der Waals surface area contributed by atoms with Crippen molar-refractivity contribution in [3.8, 4) is 5.75 Å². The molecule has 1 aromatic carbocycles. The van der Waals surface area contributed by atoms with Gasteiger partial charge in [-0.1, -0.05) is 80.0 Å². The van der Waals surface area contributed by atoms with Crippen LogP contribution < -0.4 is 10.1 Å². The van der Waals surface area contributed by atoms with Crippen molar-refractivity contribution in [1.82, 2.24) is 5.32 Å². The van der Waals surface area contributed by atoms with E-state index in [2.05, 4.69) is 53.8 Å². The predicted molar refractivity (Wildman–Crippen MR) is 213 cm³/mol. The molecule has 0 radical (unpaired) electrons. The molecule has 1 aromatic rings. The first-order valence-corrected chi connectivity index (χ1v) is 21.4. The molecule has 0 aliphatic heterocycles. The molecule has 0 heterocycles. The van der Waals surface area contributed by atoms with E-state index >= 15 is 0 Å². The maximum Gasteiger partial charge on any atom is 0.309 e. The Labute approximate surface area is 330 Å². The van der Waals surface area contributed by atoms with Crippen LogP contribution in [0, 0.1) is 68.0 Å². The van der Waals surface area contributed by atoms with Gasteiger partial charge in [-0.25, -0.2) is 0 Å². The van der Waals surface area contributed by atoms with Crippen molar-refractivity contribution >= 4 is 17.7 Å². The van der Waals surface area contributed by atoms with E-state index in [0.717, 1.165) is 68.3 Å². The molecule has 5 fully saturated rings. The second-order valence-electron chi connectivity index (χ2n) is 21.1. The van der Waals surface area contributed by atoms with Crippen molar-refractivity contribution in [3.63, 3.8) is 0 Å². The van der Waals surface area contributed by atoms with Crippen molar-refractivity contribution in [2.45, 2.75) is 145 Å². The van der Waals surface area contributed by atoms with Crippen LogP contribution in [-0.2, 0) is 25.7 Å². The van der Waals surface area contributed by atoms with Gasteiger partial charge < -0.3 is 25.0 Å². The smallest absolute Gasteiger partial charge is 0.309 e. The van der Waals surface area contributed by atoms with E-state index in [1.165, 1.54) is 5.57 Å². The number of benzene rings is 1. The van der Waals surface area contributed by atoms with Gasteiger partial charge in [-0.2, -0.15) is 0 Å². The number of ketones is 1. The number of esters is 1. The number of aliphatic hydroxyl groups is 1. The van der Waals surface area contributed by atoms with Gasteiger partial charge in [-0.3, -0.25) is 14.4 Å². The first-order valence-electron chi connectivity index (χ1n) is 21.4. The summed E-state index contributed by atoms with van der Waals surface area (Å²) in [6, 6.07) is 8.02. The van der Waals surface area contributed by atoms with Gasteiger partial charge in [0.15, 0.2) is 5.78 Å². The maximum atomic E-state index is 14.1. The highest BCUT2D eigenvalue weighted by molar-refractivity contribution is 6.00. The lowest BCUT2D eigenvalue weighted by molar-refractivity contribution is -0.238. The molecule has 8 heteroatoms. The van der Waals surface area contributed by atoms with Crippen LogP contribution in [0.1, 0.15) is 132 Å². The first kappa shape index (κ1) is 40.5. The standard InChI is InChI=1S/C47H69NO7/c1-27(2)38-33(49)24-47(36(50)26-48-25-28-11-13-29(54-10)14-12-28)22-21-45(8)30(39(38)47)15-16-35-44(7)19-18-37(43(5,6)34(44)17-20-46(35,45)9)55-41(53)32-23-31(40(51)52)42(32,3)4/h11-14,27,30-32,34-37,48,50H,15-26H2,1-10H3,(H,51,52)/t30-,31+,32-,34+,35-,36+,37+,44+,45-,46-,47+/m1/s1. The number of carboxylic acids is 1. The number of ether oxygens (including phenoxy) is 2. The SMILES string of the molecule is COc1ccc(CNC[C@H](O)[C@@]23CC[C@]4(C)[C@H](CC[C@@H]5[C@@]6(C)CC[C@H](OC(=O)[C@H]7C[C@@H](C(=O)O)C7(C)C)C(C)(C)[C@@H]6CC[C@]54C)C2=C(C(C)C)C(=O)C3)cc1. The summed E-state index contributed by atoms with van der Waals surface area (Å²) in [7, 11) is 1.67. The summed E-state index contributed by atoms with van der Waals surface area (Å²) >= 11 is 0. The number of aliphatic carboxylic acids is 1. The molecule has 0 aromatic heterocycles. The fourth-order valence-corrected chi connectivity index (χ4v) is 14.5. The van der Waals surface area contributed by atoms with E-state index < -0.39 is 28.8 Å². The van der Waals surface area contributed by atoms with Crippen molar-refractivity contribution in [2.24, 2.45) is 68.0 Å². The Morgan fingerprint density at radius 3 is 2.16 bits per heavy atom. The molecule has 0 amide bonds. The average Bonchev–Trinajstić information content (AvgIpc) is 3.42. The lowest BCUT2D eigenvalue weighted by Crippen LogP contribution is -2.66. The number of fused-ring (bicyclic) bond motifs is 7. The largest absolute Gasteiger partial charge is 0.497 e. The summed E-state index contributed by atoms with van der Waals surface area (Å²) in [5.74, 6) is 0.395. The highest BCUT2D eigenvalue weighted by Gasteiger charge is 2.71.